The van der Waals surface area contributed by atoms with Crippen molar-refractivity contribution in [1.82, 2.24) is 0 Å². The van der Waals surface area contributed by atoms with Gasteiger partial charge in [0.1, 0.15) is 0 Å². The first-order chi connectivity index (χ1) is 9.76. The molecule has 0 rings (SSSR count). The second-order valence-electron chi connectivity index (χ2n) is 7.45. The second-order valence-corrected chi connectivity index (χ2v) is 7.45. The molecule has 0 amide bonds. The lowest BCUT2D eigenvalue weighted by Crippen LogP contribution is -2.20. The standard InChI is InChI=1S/C20H38O/c1-7-20(6,21)16-10-15-19(5)14-9-13-18(4)12-8-11-17(2)3/h7,11,18-19,21H,1,8-10,12-16H2,2-6H3. The fourth-order valence-electron chi connectivity index (χ4n) is 2.67. The van der Waals surface area contributed by atoms with Crippen molar-refractivity contribution >= 4 is 0 Å². The van der Waals surface area contributed by atoms with E-state index >= 15 is 0 Å². The molecule has 0 spiro atoms. The van der Waals surface area contributed by atoms with Crippen LogP contribution in [0.4, 0.5) is 0 Å². The van der Waals surface area contributed by atoms with Crippen LogP contribution in [0.25, 0.3) is 0 Å². The molecule has 1 N–H and O–H groups in total. The second kappa shape index (κ2) is 11.1. The lowest BCUT2D eigenvalue weighted by atomic mass is 9.91. The van der Waals surface area contributed by atoms with Gasteiger partial charge in [0.2, 0.25) is 0 Å². The van der Waals surface area contributed by atoms with E-state index in [0.29, 0.717) is 0 Å². The van der Waals surface area contributed by atoms with Crippen molar-refractivity contribution in [2.45, 2.75) is 91.6 Å². The third-order valence-electron chi connectivity index (χ3n) is 4.43. The number of aliphatic hydroxyl groups is 1. The average Bonchev–Trinajstić information content (AvgIpc) is 2.38. The maximum atomic E-state index is 9.88. The van der Waals surface area contributed by atoms with Crippen molar-refractivity contribution in [3.63, 3.8) is 0 Å². The summed E-state index contributed by atoms with van der Waals surface area (Å²) in [6.45, 7) is 14.6. The van der Waals surface area contributed by atoms with Crippen molar-refractivity contribution in [2.75, 3.05) is 0 Å². The zero-order valence-corrected chi connectivity index (χ0v) is 15.1. The van der Waals surface area contributed by atoms with Crippen LogP contribution in [0, 0.1) is 11.8 Å². The van der Waals surface area contributed by atoms with Gasteiger partial charge in [-0.3, -0.25) is 0 Å². The maximum Gasteiger partial charge on any atom is 0.0797 e. The Bertz CT molecular complexity index is 297. The highest BCUT2D eigenvalue weighted by Gasteiger charge is 2.15. The predicted molar refractivity (Wildman–Crippen MR) is 95.5 cm³/mol. The minimum Gasteiger partial charge on any atom is -0.386 e. The molecule has 3 atom stereocenters. The predicted octanol–water partition coefficient (Wildman–Crippen LogP) is 6.28. The van der Waals surface area contributed by atoms with Gasteiger partial charge in [-0.05, 0) is 51.9 Å². The van der Waals surface area contributed by atoms with E-state index in [2.05, 4.69) is 40.3 Å². The molecule has 124 valence electrons. The smallest absolute Gasteiger partial charge is 0.0797 e. The molecule has 0 aliphatic rings. The molecule has 0 aromatic carbocycles. The van der Waals surface area contributed by atoms with Gasteiger partial charge in [0.25, 0.3) is 0 Å². The monoisotopic (exact) mass is 294 g/mol. The molecule has 0 heterocycles. The van der Waals surface area contributed by atoms with Crippen LogP contribution in [0.5, 0.6) is 0 Å². The van der Waals surface area contributed by atoms with Gasteiger partial charge in [0, 0.05) is 0 Å². The van der Waals surface area contributed by atoms with Gasteiger partial charge in [0.05, 0.1) is 5.60 Å². The van der Waals surface area contributed by atoms with E-state index in [9.17, 15) is 5.11 Å². The summed E-state index contributed by atoms with van der Waals surface area (Å²) in [5, 5.41) is 9.88. The molecule has 1 heteroatoms. The molecular formula is C20H38O. The van der Waals surface area contributed by atoms with Crippen LogP contribution in [-0.4, -0.2) is 10.7 Å². The van der Waals surface area contributed by atoms with Gasteiger partial charge in [-0.1, -0.05) is 63.7 Å². The largest absolute Gasteiger partial charge is 0.386 e. The molecule has 0 radical (unpaired) electrons. The first-order valence-electron chi connectivity index (χ1n) is 8.76. The zero-order chi connectivity index (χ0) is 16.3. The van der Waals surface area contributed by atoms with Gasteiger partial charge in [-0.2, -0.15) is 0 Å². The molecule has 1 nitrogen and oxygen atoms in total. The number of hydrogen-bond donors (Lipinski definition) is 1. The van der Waals surface area contributed by atoms with Crippen molar-refractivity contribution < 1.29 is 5.11 Å². The van der Waals surface area contributed by atoms with Crippen LogP contribution >= 0.6 is 0 Å². The summed E-state index contributed by atoms with van der Waals surface area (Å²) < 4.78 is 0. The summed E-state index contributed by atoms with van der Waals surface area (Å²) in [6, 6.07) is 0. The van der Waals surface area contributed by atoms with Crippen LogP contribution in [0.2, 0.25) is 0 Å². The van der Waals surface area contributed by atoms with Crippen molar-refractivity contribution in [2.24, 2.45) is 11.8 Å². The van der Waals surface area contributed by atoms with Crippen LogP contribution in [0.3, 0.4) is 0 Å². The summed E-state index contributed by atoms with van der Waals surface area (Å²) in [7, 11) is 0. The van der Waals surface area contributed by atoms with E-state index in [1.54, 1.807) is 6.08 Å². The maximum absolute atomic E-state index is 9.88. The molecular weight excluding hydrogens is 256 g/mol. The third kappa shape index (κ3) is 12.9. The number of rotatable bonds is 12. The lowest BCUT2D eigenvalue weighted by Gasteiger charge is -2.19. The highest BCUT2D eigenvalue weighted by atomic mass is 16.3. The molecule has 0 aromatic heterocycles. The number of allylic oxidation sites excluding steroid dienone is 2. The van der Waals surface area contributed by atoms with Crippen LogP contribution in [0.1, 0.15) is 86.0 Å². The summed E-state index contributed by atoms with van der Waals surface area (Å²) in [6.07, 6.45) is 13.7. The average molecular weight is 295 g/mol. The first-order valence-corrected chi connectivity index (χ1v) is 8.76. The van der Waals surface area contributed by atoms with Crippen LogP contribution in [0.15, 0.2) is 24.3 Å². The van der Waals surface area contributed by atoms with Gasteiger partial charge in [-0.25, -0.2) is 0 Å². The fourth-order valence-corrected chi connectivity index (χ4v) is 2.67. The molecule has 0 fully saturated rings. The summed E-state index contributed by atoms with van der Waals surface area (Å²) >= 11 is 0. The SMILES string of the molecule is C=CC(C)(O)CCCC(C)CCCC(C)CCC=C(C)C. The molecule has 0 bridgehead atoms. The highest BCUT2D eigenvalue weighted by molar-refractivity contribution is 4.93. The van der Waals surface area contributed by atoms with E-state index in [1.807, 2.05) is 6.92 Å². The van der Waals surface area contributed by atoms with Crippen molar-refractivity contribution in [3.8, 4) is 0 Å². The topological polar surface area (TPSA) is 20.2 Å². The van der Waals surface area contributed by atoms with Crippen molar-refractivity contribution in [1.29, 1.82) is 0 Å². The van der Waals surface area contributed by atoms with E-state index in [4.69, 9.17) is 0 Å². The zero-order valence-electron chi connectivity index (χ0n) is 15.1. The van der Waals surface area contributed by atoms with Gasteiger partial charge in [0.15, 0.2) is 0 Å². The quantitative estimate of drug-likeness (QED) is 0.420. The van der Waals surface area contributed by atoms with E-state index in [1.165, 1.54) is 44.1 Å². The minimum absolute atomic E-state index is 0.681. The van der Waals surface area contributed by atoms with Crippen LogP contribution in [-0.2, 0) is 0 Å². The third-order valence-corrected chi connectivity index (χ3v) is 4.43. The molecule has 3 unspecified atom stereocenters. The molecule has 0 saturated heterocycles. The fraction of sp³-hybridized carbons (Fsp3) is 0.800. The molecule has 0 aromatic rings. The Morgan fingerprint density at radius 2 is 1.57 bits per heavy atom. The Morgan fingerprint density at radius 1 is 1.05 bits per heavy atom. The summed E-state index contributed by atoms with van der Waals surface area (Å²) in [5.41, 5.74) is 0.755. The Balaban J connectivity index is 3.63. The number of hydrogen-bond acceptors (Lipinski definition) is 1. The Morgan fingerprint density at radius 3 is 2.10 bits per heavy atom. The molecule has 0 aliphatic heterocycles. The Hall–Kier alpha value is -0.560. The minimum atomic E-state index is -0.681. The van der Waals surface area contributed by atoms with E-state index in [-0.39, 0.29) is 0 Å². The highest BCUT2D eigenvalue weighted by Crippen LogP contribution is 2.22. The van der Waals surface area contributed by atoms with Gasteiger partial charge in [-0.15, -0.1) is 6.58 Å². The van der Waals surface area contributed by atoms with E-state index in [0.717, 1.165) is 24.7 Å². The first kappa shape index (κ1) is 20.4. The summed E-state index contributed by atoms with van der Waals surface area (Å²) in [5.74, 6) is 1.62. The van der Waals surface area contributed by atoms with Crippen molar-refractivity contribution in [3.05, 3.63) is 24.3 Å². The molecule has 0 saturated carbocycles. The Kier molecular flexibility index (Phi) is 10.8. The van der Waals surface area contributed by atoms with Gasteiger partial charge >= 0.3 is 0 Å². The lowest BCUT2D eigenvalue weighted by molar-refractivity contribution is 0.0974. The summed E-state index contributed by atoms with van der Waals surface area (Å²) in [4.78, 5) is 0. The van der Waals surface area contributed by atoms with Crippen LogP contribution < -0.4 is 0 Å². The molecule has 0 aliphatic carbocycles. The van der Waals surface area contributed by atoms with Gasteiger partial charge < -0.3 is 5.11 Å². The molecule has 21 heavy (non-hydrogen) atoms. The Labute approximate surface area is 133 Å². The normalized spacial score (nSPS) is 16.9. The van der Waals surface area contributed by atoms with E-state index < -0.39 is 5.60 Å².